The van der Waals surface area contributed by atoms with Crippen LogP contribution in [0.25, 0.3) is 0 Å². The van der Waals surface area contributed by atoms with Crippen LogP contribution in [0, 0.1) is 0 Å². The number of carbonyl (C=O) groups is 2. The van der Waals surface area contributed by atoms with Crippen LogP contribution in [-0.2, 0) is 14.3 Å². The highest BCUT2D eigenvalue weighted by molar-refractivity contribution is 5.76. The number of aliphatic hydroxyl groups excluding tert-OH is 2. The van der Waals surface area contributed by atoms with Gasteiger partial charge in [-0.2, -0.15) is 0 Å². The molecule has 2 atom stereocenters. The molecular weight excluding hydrogens is 947 g/mol. The average Bonchev–Trinajstić information content (AvgIpc) is 3.43. The van der Waals surface area contributed by atoms with Crippen LogP contribution >= 0.6 is 0 Å². The van der Waals surface area contributed by atoms with E-state index in [2.05, 4.69) is 43.5 Å². The lowest BCUT2D eigenvalue weighted by atomic mass is 10.0. The number of amides is 1. The van der Waals surface area contributed by atoms with Gasteiger partial charge >= 0.3 is 5.97 Å². The van der Waals surface area contributed by atoms with E-state index in [4.69, 9.17) is 4.74 Å². The third kappa shape index (κ3) is 63.4. The van der Waals surface area contributed by atoms with Crippen molar-refractivity contribution in [1.82, 2.24) is 5.32 Å². The molecule has 3 N–H and O–H groups in total. The van der Waals surface area contributed by atoms with Crippen LogP contribution in [0.1, 0.15) is 393 Å². The molecule has 0 spiro atoms. The first-order valence-electron chi connectivity index (χ1n) is 35.1. The molecule has 1 amide bonds. The maximum Gasteiger partial charge on any atom is 0.305 e. The molecule has 0 aromatic heterocycles. The third-order valence-electron chi connectivity index (χ3n) is 16.5. The van der Waals surface area contributed by atoms with Crippen LogP contribution in [-0.4, -0.2) is 47.4 Å². The fraction of sp³-hybridized carbons (Fsp3) is 0.915. The van der Waals surface area contributed by atoms with Gasteiger partial charge < -0.3 is 20.3 Å². The zero-order chi connectivity index (χ0) is 55.7. The summed E-state index contributed by atoms with van der Waals surface area (Å²) in [5, 5.41) is 23.4. The van der Waals surface area contributed by atoms with Crippen LogP contribution in [0.15, 0.2) is 24.3 Å². The molecule has 0 bridgehead atoms. The third-order valence-corrected chi connectivity index (χ3v) is 16.5. The van der Waals surface area contributed by atoms with E-state index in [0.717, 1.165) is 51.4 Å². The van der Waals surface area contributed by atoms with Crippen LogP contribution in [0.2, 0.25) is 0 Å². The van der Waals surface area contributed by atoms with Crippen LogP contribution in [0.3, 0.4) is 0 Å². The number of hydrogen-bond donors (Lipinski definition) is 3. The molecule has 0 aliphatic carbocycles. The Labute approximate surface area is 481 Å². The van der Waals surface area contributed by atoms with E-state index in [0.29, 0.717) is 25.9 Å². The van der Waals surface area contributed by atoms with Crippen LogP contribution in [0.5, 0.6) is 0 Å². The Bertz CT molecular complexity index is 1200. The topological polar surface area (TPSA) is 95.9 Å². The van der Waals surface area contributed by atoms with Crippen LogP contribution < -0.4 is 5.32 Å². The predicted molar refractivity (Wildman–Crippen MR) is 338 cm³/mol. The van der Waals surface area contributed by atoms with E-state index in [9.17, 15) is 19.8 Å². The standard InChI is InChI=1S/C71H137NO5/c1-3-5-7-9-11-13-15-17-19-21-22-23-24-26-29-32-35-39-43-47-51-55-59-63-69(74)68(67-73)72-70(75)64-60-56-52-48-44-40-36-33-30-27-25-28-31-34-38-42-46-50-54-58-62-66-77-71(76)65-61-57-53-49-45-41-37-20-18-16-14-12-10-8-6-4-2/h42,46,54,58,68-69,73-74H,3-41,43-45,47-53,55-57,59-67H2,1-2H3,(H,72,75)/b46-42-,58-54-. The van der Waals surface area contributed by atoms with Gasteiger partial charge in [0.1, 0.15) is 0 Å². The van der Waals surface area contributed by atoms with E-state index >= 15 is 0 Å². The predicted octanol–water partition coefficient (Wildman–Crippen LogP) is 22.5. The Hall–Kier alpha value is -1.66. The Morgan fingerprint density at radius 1 is 0.364 bits per heavy atom. The molecule has 0 aromatic rings. The number of ether oxygens (including phenoxy) is 1. The van der Waals surface area contributed by atoms with Crippen molar-refractivity contribution >= 4 is 11.9 Å². The monoisotopic (exact) mass is 1080 g/mol. The minimum absolute atomic E-state index is 0.0307. The summed E-state index contributed by atoms with van der Waals surface area (Å²) in [6.07, 6.45) is 83.8. The summed E-state index contributed by atoms with van der Waals surface area (Å²) in [6, 6.07) is -0.547. The van der Waals surface area contributed by atoms with Gasteiger partial charge in [0.25, 0.3) is 0 Å². The molecule has 6 heteroatoms. The Morgan fingerprint density at radius 3 is 0.987 bits per heavy atom. The smallest absolute Gasteiger partial charge is 0.305 e. The number of aliphatic hydroxyl groups is 2. The number of allylic oxidation sites excluding steroid dienone is 3. The summed E-state index contributed by atoms with van der Waals surface area (Å²) in [7, 11) is 0. The minimum atomic E-state index is -0.669. The SMILES string of the molecule is CCCCCCCCCCCCCCCCCCCCCCCCCC(O)C(CO)NC(=O)CCCCCCCCCCCCCCCC/C=C\C/C=C\CCOC(=O)CCCCCCCCCCCCCCCCCC. The highest BCUT2D eigenvalue weighted by Gasteiger charge is 2.20. The first-order valence-corrected chi connectivity index (χ1v) is 35.1. The Morgan fingerprint density at radius 2 is 0.649 bits per heavy atom. The number of nitrogens with one attached hydrogen (secondary N) is 1. The van der Waals surface area contributed by atoms with Gasteiger partial charge in [-0.25, -0.2) is 0 Å². The van der Waals surface area contributed by atoms with E-state index in [-0.39, 0.29) is 18.5 Å². The molecule has 0 saturated heterocycles. The molecular formula is C71H137NO5. The summed E-state index contributed by atoms with van der Waals surface area (Å²) in [5.41, 5.74) is 0. The van der Waals surface area contributed by atoms with Crippen molar-refractivity contribution in [3.05, 3.63) is 24.3 Å². The zero-order valence-electron chi connectivity index (χ0n) is 52.2. The van der Waals surface area contributed by atoms with Crippen molar-refractivity contribution in [2.75, 3.05) is 13.2 Å². The maximum atomic E-state index is 12.5. The quantitative estimate of drug-likeness (QED) is 0.0320. The first kappa shape index (κ1) is 75.3. The zero-order valence-corrected chi connectivity index (χ0v) is 52.2. The van der Waals surface area contributed by atoms with E-state index in [1.807, 2.05) is 0 Å². The van der Waals surface area contributed by atoms with Gasteiger partial charge in [0.05, 0.1) is 25.4 Å². The molecule has 0 heterocycles. The second-order valence-electron chi connectivity index (χ2n) is 24.2. The Kier molecular flexibility index (Phi) is 65.4. The minimum Gasteiger partial charge on any atom is -0.465 e. The maximum absolute atomic E-state index is 12.5. The number of esters is 1. The second-order valence-corrected chi connectivity index (χ2v) is 24.2. The summed E-state index contributed by atoms with van der Waals surface area (Å²) >= 11 is 0. The molecule has 0 fully saturated rings. The molecule has 456 valence electrons. The van der Waals surface area contributed by atoms with Gasteiger partial charge in [-0.15, -0.1) is 0 Å². The van der Waals surface area contributed by atoms with Crippen molar-refractivity contribution in [2.24, 2.45) is 0 Å². The Balaban J connectivity index is 3.43. The lowest BCUT2D eigenvalue weighted by Gasteiger charge is -2.22. The van der Waals surface area contributed by atoms with Gasteiger partial charge in [0, 0.05) is 12.8 Å². The van der Waals surface area contributed by atoms with Gasteiger partial charge in [-0.05, 0) is 44.9 Å². The molecule has 0 aliphatic rings. The summed E-state index contributed by atoms with van der Waals surface area (Å²) in [5.74, 6) is -0.0658. The molecule has 0 saturated carbocycles. The first-order chi connectivity index (χ1) is 38.0. The number of rotatable bonds is 66. The second kappa shape index (κ2) is 66.8. The van der Waals surface area contributed by atoms with Crippen molar-refractivity contribution in [3.8, 4) is 0 Å². The molecule has 0 aromatic carbocycles. The summed E-state index contributed by atoms with van der Waals surface area (Å²) < 4.78 is 5.43. The van der Waals surface area contributed by atoms with Gasteiger partial charge in [0.15, 0.2) is 0 Å². The molecule has 2 unspecified atom stereocenters. The highest BCUT2D eigenvalue weighted by Crippen LogP contribution is 2.19. The van der Waals surface area contributed by atoms with E-state index in [1.165, 1.54) is 308 Å². The highest BCUT2D eigenvalue weighted by atomic mass is 16.5. The number of hydrogen-bond acceptors (Lipinski definition) is 5. The average molecular weight is 1080 g/mol. The van der Waals surface area contributed by atoms with Crippen LogP contribution in [0.4, 0.5) is 0 Å². The number of unbranched alkanes of at least 4 members (excludes halogenated alkanes) is 51. The lowest BCUT2D eigenvalue weighted by molar-refractivity contribution is -0.143. The largest absolute Gasteiger partial charge is 0.465 e. The van der Waals surface area contributed by atoms with Crippen molar-refractivity contribution < 1.29 is 24.5 Å². The van der Waals surface area contributed by atoms with E-state index < -0.39 is 12.1 Å². The van der Waals surface area contributed by atoms with E-state index in [1.54, 1.807) is 0 Å². The van der Waals surface area contributed by atoms with Crippen molar-refractivity contribution in [3.63, 3.8) is 0 Å². The fourth-order valence-electron chi connectivity index (χ4n) is 11.2. The molecule has 0 rings (SSSR count). The van der Waals surface area contributed by atoms with Gasteiger partial charge in [0.2, 0.25) is 5.91 Å². The van der Waals surface area contributed by atoms with Crippen molar-refractivity contribution in [2.45, 2.75) is 405 Å². The molecule has 0 aliphatic heterocycles. The molecule has 0 radical (unpaired) electrons. The summed E-state index contributed by atoms with van der Waals surface area (Å²) in [4.78, 5) is 24.6. The van der Waals surface area contributed by atoms with Gasteiger partial charge in [-0.3, -0.25) is 9.59 Å². The molecule has 6 nitrogen and oxygen atoms in total. The normalized spacial score (nSPS) is 12.6. The van der Waals surface area contributed by atoms with Gasteiger partial charge in [-0.1, -0.05) is 359 Å². The molecule has 77 heavy (non-hydrogen) atoms. The number of carbonyl (C=O) groups excluding carboxylic acids is 2. The summed E-state index contributed by atoms with van der Waals surface area (Å²) in [6.45, 7) is 4.89. The lowest BCUT2D eigenvalue weighted by Crippen LogP contribution is -2.45. The fourth-order valence-corrected chi connectivity index (χ4v) is 11.2. The van der Waals surface area contributed by atoms with Crippen molar-refractivity contribution in [1.29, 1.82) is 0 Å².